The van der Waals surface area contributed by atoms with Gasteiger partial charge in [0.2, 0.25) is 0 Å². The normalized spacial score (nSPS) is 24.7. The molecule has 1 amide bonds. The number of nitrogens with zero attached hydrogens (tertiary/aromatic N) is 1. The first-order valence-electron chi connectivity index (χ1n) is 3.53. The summed E-state index contributed by atoms with van der Waals surface area (Å²) in [5.41, 5.74) is 0. The predicted molar refractivity (Wildman–Crippen MR) is 37.3 cm³/mol. The van der Waals surface area contributed by atoms with E-state index in [2.05, 4.69) is 0 Å². The first-order chi connectivity index (χ1) is 4.83. The highest BCUT2D eigenvalue weighted by Gasteiger charge is 2.16. The van der Waals surface area contributed by atoms with Crippen LogP contribution in [0.1, 0.15) is 12.8 Å². The molecule has 10 heavy (non-hydrogen) atoms. The monoisotopic (exact) mass is 142 g/mol. The fraction of sp³-hybridized carbons (Fsp3) is 0.857. The molecule has 3 nitrogen and oxygen atoms in total. The second-order valence-corrected chi connectivity index (χ2v) is 2.61. The molecule has 1 atom stereocenters. The molecule has 1 unspecified atom stereocenters. The Morgan fingerprint density at radius 1 is 1.80 bits per heavy atom. The van der Waals surface area contributed by atoms with Crippen molar-refractivity contribution in [2.45, 2.75) is 18.9 Å². The number of rotatable bonds is 3. The van der Waals surface area contributed by atoms with Gasteiger partial charge in [0.25, 0.3) is 0 Å². The van der Waals surface area contributed by atoms with Gasteiger partial charge in [0.1, 0.15) is 0 Å². The van der Waals surface area contributed by atoms with Crippen molar-refractivity contribution >= 4 is 6.41 Å². The number of likely N-dealkylation sites (N-methyl/N-ethyl adjacent to an activating group) is 1. The average Bonchev–Trinajstić information content (AvgIpc) is 2.40. The van der Waals surface area contributed by atoms with Crippen molar-refractivity contribution in [3.63, 3.8) is 0 Å². The van der Waals surface area contributed by atoms with Gasteiger partial charge < -0.3 is 9.64 Å². The molecule has 1 aliphatic rings. The highest BCUT2D eigenvalue weighted by atomic mass is 16.5. The van der Waals surface area contributed by atoms with E-state index in [-0.39, 0.29) is 6.10 Å². The lowest BCUT2D eigenvalue weighted by Gasteiger charge is -2.14. The van der Waals surface area contributed by atoms with Gasteiger partial charge in [-0.1, -0.05) is 0 Å². The maximum Gasteiger partial charge on any atom is 0.311 e. The summed E-state index contributed by atoms with van der Waals surface area (Å²) < 4.78 is 5.30. The fourth-order valence-corrected chi connectivity index (χ4v) is 1.13. The fourth-order valence-electron chi connectivity index (χ4n) is 1.13. The molecule has 1 heterocycles. The first kappa shape index (κ1) is 7.54. The van der Waals surface area contributed by atoms with Crippen molar-refractivity contribution in [1.29, 1.82) is 0 Å². The van der Waals surface area contributed by atoms with Gasteiger partial charge in [0.05, 0.1) is 6.10 Å². The Balaban J connectivity index is 2.17. The molecule has 0 aromatic heterocycles. The molecular weight excluding hydrogens is 130 g/mol. The van der Waals surface area contributed by atoms with Gasteiger partial charge in [-0.3, -0.25) is 4.79 Å². The quantitative estimate of drug-likeness (QED) is 0.525. The Bertz CT molecular complexity index is 110. The Morgan fingerprint density at radius 2 is 2.60 bits per heavy atom. The molecule has 1 radical (unpaired) electrons. The Labute approximate surface area is 61.0 Å². The molecule has 0 aromatic carbocycles. The van der Waals surface area contributed by atoms with Crippen molar-refractivity contribution in [3.05, 3.63) is 0 Å². The van der Waals surface area contributed by atoms with Gasteiger partial charge in [-0.2, -0.15) is 0 Å². The molecule has 3 heteroatoms. The van der Waals surface area contributed by atoms with Gasteiger partial charge in [-0.15, -0.1) is 0 Å². The number of carbonyl (C=O) groups excluding carboxylic acids is 1. The summed E-state index contributed by atoms with van der Waals surface area (Å²) in [6.45, 7) is 1.53. The SMILES string of the molecule is CN([C]=O)CC1CCCO1. The molecule has 1 fully saturated rings. The van der Waals surface area contributed by atoms with Gasteiger partial charge in [0.15, 0.2) is 0 Å². The summed E-state index contributed by atoms with van der Waals surface area (Å²) in [5.74, 6) is 0. The minimum atomic E-state index is 0.256. The van der Waals surface area contributed by atoms with Crippen LogP contribution in [0, 0.1) is 0 Å². The molecule has 0 aromatic rings. The van der Waals surface area contributed by atoms with E-state index in [9.17, 15) is 4.79 Å². The molecule has 0 bridgehead atoms. The van der Waals surface area contributed by atoms with E-state index in [1.807, 2.05) is 0 Å². The molecule has 0 saturated carbocycles. The average molecular weight is 142 g/mol. The second-order valence-electron chi connectivity index (χ2n) is 2.61. The van der Waals surface area contributed by atoms with Gasteiger partial charge in [-0.05, 0) is 12.8 Å². The summed E-state index contributed by atoms with van der Waals surface area (Å²) in [6, 6.07) is 0. The van der Waals surface area contributed by atoms with Gasteiger partial charge >= 0.3 is 6.41 Å². The van der Waals surface area contributed by atoms with Crippen molar-refractivity contribution in [1.82, 2.24) is 4.90 Å². The largest absolute Gasteiger partial charge is 0.376 e. The lowest BCUT2D eigenvalue weighted by molar-refractivity contribution is 0.0952. The number of ether oxygens (including phenoxy) is 1. The van der Waals surface area contributed by atoms with E-state index in [0.717, 1.165) is 19.4 Å². The summed E-state index contributed by atoms with van der Waals surface area (Å²) in [5, 5.41) is 0. The highest BCUT2D eigenvalue weighted by molar-refractivity contribution is 5.47. The Hall–Kier alpha value is -0.570. The standard InChI is InChI=1S/C7H12NO2/c1-8(6-9)5-7-3-2-4-10-7/h7H,2-5H2,1H3. The minimum Gasteiger partial charge on any atom is -0.376 e. The summed E-state index contributed by atoms with van der Waals surface area (Å²) in [6.07, 6.45) is 4.25. The highest BCUT2D eigenvalue weighted by Crippen LogP contribution is 2.11. The zero-order valence-corrected chi connectivity index (χ0v) is 6.17. The van der Waals surface area contributed by atoms with Crippen molar-refractivity contribution < 1.29 is 9.53 Å². The van der Waals surface area contributed by atoms with E-state index >= 15 is 0 Å². The molecule has 1 aliphatic heterocycles. The zero-order valence-electron chi connectivity index (χ0n) is 6.17. The van der Waals surface area contributed by atoms with Crippen molar-refractivity contribution in [2.24, 2.45) is 0 Å². The van der Waals surface area contributed by atoms with Crippen LogP contribution in [-0.4, -0.2) is 37.6 Å². The Kier molecular flexibility index (Phi) is 2.68. The lowest BCUT2D eigenvalue weighted by atomic mass is 10.2. The molecule has 0 spiro atoms. The predicted octanol–water partition coefficient (Wildman–Crippen LogP) is 0.164. The van der Waals surface area contributed by atoms with E-state index in [1.54, 1.807) is 13.5 Å². The molecule has 57 valence electrons. The van der Waals surface area contributed by atoms with Gasteiger partial charge in [0, 0.05) is 20.2 Å². The zero-order chi connectivity index (χ0) is 7.40. The van der Waals surface area contributed by atoms with Crippen LogP contribution in [-0.2, 0) is 9.53 Å². The van der Waals surface area contributed by atoms with Crippen LogP contribution in [0.3, 0.4) is 0 Å². The van der Waals surface area contributed by atoms with Crippen LogP contribution in [0.2, 0.25) is 0 Å². The maximum absolute atomic E-state index is 10.0. The summed E-state index contributed by atoms with van der Waals surface area (Å²) in [7, 11) is 1.72. The molecule has 0 aliphatic carbocycles. The van der Waals surface area contributed by atoms with E-state index in [0.29, 0.717) is 6.54 Å². The van der Waals surface area contributed by atoms with Crippen LogP contribution in [0.15, 0.2) is 0 Å². The number of hydrogen-bond donors (Lipinski definition) is 0. The third kappa shape index (κ3) is 1.99. The third-order valence-corrected chi connectivity index (χ3v) is 1.66. The molecule has 0 N–H and O–H groups in total. The minimum absolute atomic E-state index is 0.256. The van der Waals surface area contributed by atoms with E-state index in [1.165, 1.54) is 4.90 Å². The topological polar surface area (TPSA) is 29.5 Å². The smallest absolute Gasteiger partial charge is 0.311 e. The van der Waals surface area contributed by atoms with Crippen molar-refractivity contribution in [3.8, 4) is 0 Å². The lowest BCUT2D eigenvalue weighted by Crippen LogP contribution is -2.27. The first-order valence-corrected chi connectivity index (χ1v) is 3.53. The van der Waals surface area contributed by atoms with Gasteiger partial charge in [-0.25, -0.2) is 0 Å². The summed E-state index contributed by atoms with van der Waals surface area (Å²) >= 11 is 0. The van der Waals surface area contributed by atoms with Crippen LogP contribution in [0.25, 0.3) is 0 Å². The van der Waals surface area contributed by atoms with Crippen LogP contribution >= 0.6 is 0 Å². The Morgan fingerprint density at radius 3 is 3.10 bits per heavy atom. The van der Waals surface area contributed by atoms with E-state index in [4.69, 9.17) is 4.74 Å². The van der Waals surface area contributed by atoms with Crippen LogP contribution in [0.4, 0.5) is 0 Å². The molecular formula is C7H12NO2. The van der Waals surface area contributed by atoms with Crippen molar-refractivity contribution in [2.75, 3.05) is 20.2 Å². The van der Waals surface area contributed by atoms with E-state index < -0.39 is 0 Å². The maximum atomic E-state index is 10.0. The summed E-state index contributed by atoms with van der Waals surface area (Å²) in [4.78, 5) is 11.5. The second kappa shape index (κ2) is 3.56. The van der Waals surface area contributed by atoms with Crippen LogP contribution in [0.5, 0.6) is 0 Å². The number of amides is 1. The molecule has 1 saturated heterocycles. The van der Waals surface area contributed by atoms with Crippen LogP contribution < -0.4 is 0 Å². The number of hydrogen-bond acceptors (Lipinski definition) is 2. The third-order valence-electron chi connectivity index (χ3n) is 1.66. The molecule has 1 rings (SSSR count).